The van der Waals surface area contributed by atoms with Gasteiger partial charge in [0.05, 0.1) is 17.6 Å². The fourth-order valence-electron chi connectivity index (χ4n) is 2.94. The summed E-state index contributed by atoms with van der Waals surface area (Å²) < 4.78 is 0. The van der Waals surface area contributed by atoms with Crippen molar-refractivity contribution in [2.24, 2.45) is 11.7 Å². The molecule has 1 saturated heterocycles. The van der Waals surface area contributed by atoms with Crippen molar-refractivity contribution in [2.45, 2.75) is 25.3 Å². The van der Waals surface area contributed by atoms with Gasteiger partial charge in [0.25, 0.3) is 0 Å². The van der Waals surface area contributed by atoms with Crippen LogP contribution in [0.4, 0.5) is 5.69 Å². The molecular formula is C12H15N3S. The summed E-state index contributed by atoms with van der Waals surface area (Å²) in [6, 6.07) is 4.74. The molecule has 0 aromatic carbocycles. The van der Waals surface area contributed by atoms with Gasteiger partial charge in [-0.3, -0.25) is 4.98 Å². The van der Waals surface area contributed by atoms with Gasteiger partial charge < -0.3 is 10.6 Å². The van der Waals surface area contributed by atoms with E-state index in [4.69, 9.17) is 18.0 Å². The minimum atomic E-state index is 0.370. The van der Waals surface area contributed by atoms with Crippen LogP contribution in [0.5, 0.6) is 0 Å². The summed E-state index contributed by atoms with van der Waals surface area (Å²) in [5.41, 5.74) is 7.46. The quantitative estimate of drug-likeness (QED) is 0.790. The molecular weight excluding hydrogens is 218 g/mol. The van der Waals surface area contributed by atoms with E-state index in [9.17, 15) is 0 Å². The number of pyridine rings is 1. The van der Waals surface area contributed by atoms with E-state index in [1.165, 1.54) is 31.5 Å². The monoisotopic (exact) mass is 233 g/mol. The third kappa shape index (κ3) is 1.57. The smallest absolute Gasteiger partial charge is 0.122 e. The normalized spacial score (nSPS) is 27.4. The Bertz CT molecular complexity index is 415. The summed E-state index contributed by atoms with van der Waals surface area (Å²) in [6.07, 6.45) is 5.99. The van der Waals surface area contributed by atoms with E-state index in [-0.39, 0.29) is 0 Å². The van der Waals surface area contributed by atoms with Crippen LogP contribution in [0.3, 0.4) is 0 Å². The fraction of sp³-hybridized carbons (Fsp3) is 0.500. The second kappa shape index (κ2) is 3.70. The first kappa shape index (κ1) is 10.0. The topological polar surface area (TPSA) is 42.1 Å². The van der Waals surface area contributed by atoms with Crippen LogP contribution in [0.1, 0.15) is 25.0 Å². The minimum Gasteiger partial charge on any atom is -0.388 e. The number of rotatable bonds is 2. The van der Waals surface area contributed by atoms with Gasteiger partial charge in [0, 0.05) is 12.6 Å². The Morgan fingerprint density at radius 2 is 2.31 bits per heavy atom. The van der Waals surface area contributed by atoms with E-state index < -0.39 is 0 Å². The number of hydrogen-bond acceptors (Lipinski definition) is 3. The van der Waals surface area contributed by atoms with Crippen molar-refractivity contribution in [2.75, 3.05) is 11.4 Å². The van der Waals surface area contributed by atoms with Crippen molar-refractivity contribution >= 4 is 22.9 Å². The summed E-state index contributed by atoms with van der Waals surface area (Å²) in [4.78, 5) is 7.15. The summed E-state index contributed by atoms with van der Waals surface area (Å²) in [6.45, 7) is 1.19. The Labute approximate surface area is 101 Å². The zero-order valence-electron chi connectivity index (χ0n) is 9.10. The van der Waals surface area contributed by atoms with E-state index in [0.29, 0.717) is 10.7 Å². The highest BCUT2D eigenvalue weighted by Gasteiger charge is 2.37. The fourth-order valence-corrected chi connectivity index (χ4v) is 3.06. The summed E-state index contributed by atoms with van der Waals surface area (Å²) in [5, 5.41) is 0. The molecule has 3 nitrogen and oxygen atoms in total. The van der Waals surface area contributed by atoms with Crippen LogP contribution in [0.2, 0.25) is 0 Å². The molecule has 1 saturated carbocycles. The van der Waals surface area contributed by atoms with Crippen LogP contribution in [-0.4, -0.2) is 22.6 Å². The number of anilines is 1. The van der Waals surface area contributed by atoms with Gasteiger partial charge in [-0.15, -0.1) is 0 Å². The maximum atomic E-state index is 5.53. The molecule has 1 aliphatic heterocycles. The van der Waals surface area contributed by atoms with Gasteiger partial charge in [-0.25, -0.2) is 0 Å². The lowest BCUT2D eigenvalue weighted by Crippen LogP contribution is -2.31. The predicted octanol–water partition coefficient (Wildman–Crippen LogP) is 1.70. The van der Waals surface area contributed by atoms with Crippen LogP contribution >= 0.6 is 12.2 Å². The number of nitrogens with two attached hydrogens (primary N) is 1. The molecule has 4 heteroatoms. The van der Waals surface area contributed by atoms with E-state index >= 15 is 0 Å². The molecule has 84 valence electrons. The van der Waals surface area contributed by atoms with E-state index in [1.54, 1.807) is 0 Å². The number of hydrogen-bond donors (Lipinski definition) is 1. The second-order valence-corrected chi connectivity index (χ2v) is 5.19. The lowest BCUT2D eigenvalue weighted by molar-refractivity contribution is 0.553. The lowest BCUT2D eigenvalue weighted by atomic mass is 10.1. The van der Waals surface area contributed by atoms with E-state index in [1.807, 2.05) is 12.3 Å². The average molecular weight is 233 g/mol. The lowest BCUT2D eigenvalue weighted by Gasteiger charge is -2.28. The molecule has 2 atom stereocenters. The van der Waals surface area contributed by atoms with Crippen LogP contribution in [-0.2, 0) is 0 Å². The van der Waals surface area contributed by atoms with Gasteiger partial charge in [-0.05, 0) is 37.3 Å². The molecule has 3 rings (SSSR count). The number of piperidine rings is 1. The summed E-state index contributed by atoms with van der Waals surface area (Å²) >= 11 is 4.89. The van der Waals surface area contributed by atoms with Crippen LogP contribution in [0.25, 0.3) is 0 Å². The van der Waals surface area contributed by atoms with Gasteiger partial charge in [-0.2, -0.15) is 0 Å². The van der Waals surface area contributed by atoms with Crippen molar-refractivity contribution in [1.29, 1.82) is 0 Å². The van der Waals surface area contributed by atoms with Gasteiger partial charge in [0.2, 0.25) is 0 Å². The molecule has 0 spiro atoms. The zero-order chi connectivity index (χ0) is 11.1. The maximum Gasteiger partial charge on any atom is 0.122 e. The summed E-state index contributed by atoms with van der Waals surface area (Å²) in [5.74, 6) is 0.903. The molecule has 2 heterocycles. The molecule has 2 unspecified atom stereocenters. The number of fused-ring (bicyclic) bond motifs is 2. The molecule has 2 fully saturated rings. The highest BCUT2D eigenvalue weighted by molar-refractivity contribution is 7.80. The third-order valence-electron chi connectivity index (χ3n) is 3.74. The van der Waals surface area contributed by atoms with Crippen molar-refractivity contribution in [3.63, 3.8) is 0 Å². The average Bonchev–Trinajstić information content (AvgIpc) is 2.91. The third-order valence-corrected chi connectivity index (χ3v) is 3.95. The zero-order valence-corrected chi connectivity index (χ0v) is 9.91. The molecule has 1 aromatic rings. The van der Waals surface area contributed by atoms with Crippen LogP contribution in [0.15, 0.2) is 18.3 Å². The molecule has 0 radical (unpaired) electrons. The Balaban J connectivity index is 1.82. The Morgan fingerprint density at radius 1 is 1.44 bits per heavy atom. The second-order valence-electron chi connectivity index (χ2n) is 4.75. The van der Waals surface area contributed by atoms with Crippen molar-refractivity contribution < 1.29 is 0 Å². The molecule has 1 aliphatic carbocycles. The van der Waals surface area contributed by atoms with Gasteiger partial charge >= 0.3 is 0 Å². The Morgan fingerprint density at radius 3 is 2.81 bits per heavy atom. The maximum absolute atomic E-state index is 5.53. The Hall–Kier alpha value is -1.16. The van der Waals surface area contributed by atoms with Crippen molar-refractivity contribution in [3.05, 3.63) is 24.0 Å². The van der Waals surface area contributed by atoms with E-state index in [0.717, 1.165) is 12.0 Å². The molecule has 2 N–H and O–H groups in total. The molecule has 0 amide bonds. The highest BCUT2D eigenvalue weighted by Crippen LogP contribution is 2.39. The summed E-state index contributed by atoms with van der Waals surface area (Å²) in [7, 11) is 0. The van der Waals surface area contributed by atoms with Crippen molar-refractivity contribution in [3.8, 4) is 0 Å². The van der Waals surface area contributed by atoms with Crippen LogP contribution in [0, 0.1) is 5.92 Å². The molecule has 2 aliphatic rings. The molecule has 2 bridgehead atoms. The molecule has 16 heavy (non-hydrogen) atoms. The molecule has 1 aromatic heterocycles. The first-order chi connectivity index (χ1) is 7.74. The van der Waals surface area contributed by atoms with Gasteiger partial charge in [0.15, 0.2) is 0 Å². The standard InChI is InChI=1S/C12H15N3S/c13-12(16)11-4-3-10(6-14-11)15-7-8-1-2-9(15)5-8/h3-4,6,8-9H,1-2,5,7H2,(H2,13,16). The largest absolute Gasteiger partial charge is 0.388 e. The van der Waals surface area contributed by atoms with Crippen LogP contribution < -0.4 is 10.6 Å². The first-order valence-corrected chi connectivity index (χ1v) is 6.17. The minimum absolute atomic E-state index is 0.370. The highest BCUT2D eigenvalue weighted by atomic mass is 32.1. The van der Waals surface area contributed by atoms with Gasteiger partial charge in [-0.1, -0.05) is 12.2 Å². The number of nitrogens with zero attached hydrogens (tertiary/aromatic N) is 2. The number of aromatic nitrogens is 1. The number of thiocarbonyl (C=S) groups is 1. The predicted molar refractivity (Wildman–Crippen MR) is 68.6 cm³/mol. The first-order valence-electron chi connectivity index (χ1n) is 5.76. The van der Waals surface area contributed by atoms with Crippen molar-refractivity contribution in [1.82, 2.24) is 4.98 Å². The SMILES string of the molecule is NC(=S)c1ccc(N2CC3CCC2C3)cn1. The van der Waals surface area contributed by atoms with Gasteiger partial charge in [0.1, 0.15) is 4.99 Å². The Kier molecular flexibility index (Phi) is 2.32. The van der Waals surface area contributed by atoms with E-state index in [2.05, 4.69) is 16.0 Å².